The molecular weight excluding hydrogens is 1090 g/mol. The topological polar surface area (TPSA) is 328 Å². The van der Waals surface area contributed by atoms with Crippen molar-refractivity contribution in [3.05, 3.63) is 149 Å². The summed E-state index contributed by atoms with van der Waals surface area (Å²) in [5.74, 6) is -6.84. The molecule has 81 heavy (non-hydrogen) atoms. The molecule has 0 aliphatic carbocycles. The fourth-order valence-electron chi connectivity index (χ4n) is 9.05. The Morgan fingerprint density at radius 3 is 1.75 bits per heavy atom. The van der Waals surface area contributed by atoms with E-state index in [9.17, 15) is 38.4 Å². The van der Waals surface area contributed by atoms with Crippen LogP contribution >= 0.6 is 36.9 Å². The van der Waals surface area contributed by atoms with Gasteiger partial charge in [0.25, 0.3) is 0 Å². The van der Waals surface area contributed by atoms with Crippen LogP contribution in [-0.4, -0.2) is 124 Å². The van der Waals surface area contributed by atoms with E-state index in [-0.39, 0.29) is 50.2 Å². The molecule has 2 aromatic heterocycles. The predicted molar refractivity (Wildman–Crippen MR) is 319 cm³/mol. The van der Waals surface area contributed by atoms with Crippen LogP contribution in [0.4, 0.5) is 0 Å². The highest BCUT2D eigenvalue weighted by molar-refractivity contribution is 7.80. The lowest BCUT2D eigenvalue weighted by molar-refractivity contribution is -0.136. The molecule has 0 spiro atoms. The zero-order chi connectivity index (χ0) is 58.6. The Morgan fingerprint density at radius 1 is 0.568 bits per heavy atom. The number of carbonyl (C=O) groups excluding carboxylic acids is 8. The first-order valence-corrected chi connectivity index (χ1v) is 28.3. The minimum absolute atomic E-state index is 0.0717. The largest absolute Gasteiger partial charge is 0.368 e. The average Bonchev–Trinajstić information content (AvgIpc) is 3.87. The summed E-state index contributed by atoms with van der Waals surface area (Å²) in [4.78, 5) is 119. The van der Waals surface area contributed by atoms with Gasteiger partial charge in [-0.1, -0.05) is 104 Å². The number of H-pyrrole nitrogens is 1. The summed E-state index contributed by atoms with van der Waals surface area (Å²) in [5, 5.41) is 22.3. The highest BCUT2D eigenvalue weighted by Gasteiger charge is 2.35. The number of para-hydroxylation sites is 1. The van der Waals surface area contributed by atoms with Crippen molar-refractivity contribution in [1.82, 2.24) is 47.2 Å². The van der Waals surface area contributed by atoms with Crippen molar-refractivity contribution in [2.24, 2.45) is 23.1 Å². The SMILES string of the molecule is CC(C)[C@H](NC(=O)[C@H](CCCCN)NC(=O)[C@@H](Cc1c[nH]c2ccccc12)NC(=O)[C@H](Cc1cccnc1)NC(=O)[C@@H](CS)NC(=O)[C@@H](N)Cc1ccc(Cl)cc1)C(=O)N[C@@H](CS)C(=O)N[C@@H](Cc1ccc2ccccc2c1)C(N)=O. The van der Waals surface area contributed by atoms with Crippen molar-refractivity contribution < 1.29 is 38.4 Å². The van der Waals surface area contributed by atoms with Crippen molar-refractivity contribution in [2.45, 2.75) is 107 Å². The molecule has 0 saturated carbocycles. The number of primary amides is 1. The monoisotopic (exact) mass is 1160 g/mol. The molecule has 0 unspecified atom stereocenters. The minimum Gasteiger partial charge on any atom is -0.368 e. The summed E-state index contributed by atoms with van der Waals surface area (Å²) < 4.78 is 0. The normalized spacial score (nSPS) is 14.3. The van der Waals surface area contributed by atoms with Crippen LogP contribution in [-0.2, 0) is 64.0 Å². The zero-order valence-electron chi connectivity index (χ0n) is 45.0. The smallest absolute Gasteiger partial charge is 0.244 e. The Morgan fingerprint density at radius 2 is 1.12 bits per heavy atom. The first-order chi connectivity index (χ1) is 38.9. The van der Waals surface area contributed by atoms with Gasteiger partial charge in [-0.3, -0.25) is 43.3 Å². The number of hydrogen-bond acceptors (Lipinski definition) is 13. The number of hydrogen-bond donors (Lipinski definition) is 13. The number of pyridine rings is 1. The molecule has 20 nitrogen and oxygen atoms in total. The van der Waals surface area contributed by atoms with Crippen molar-refractivity contribution in [3.63, 3.8) is 0 Å². The van der Waals surface area contributed by atoms with E-state index in [4.69, 9.17) is 28.8 Å². The van der Waals surface area contributed by atoms with Crippen LogP contribution in [0.5, 0.6) is 0 Å². The second-order valence-electron chi connectivity index (χ2n) is 20.1. The van der Waals surface area contributed by atoms with Crippen molar-refractivity contribution in [3.8, 4) is 0 Å². The van der Waals surface area contributed by atoms with E-state index < -0.39 is 102 Å². The quantitative estimate of drug-likeness (QED) is 0.0230. The Balaban J connectivity index is 1.19. The molecule has 0 aliphatic heterocycles. The standard InChI is InChI=1S/C58H71ClN12O8S2/c1-33(2)50(58(79)70-49(32-81)56(77)66-45(51(62)72)26-35-16-19-37-11-3-4-12-38(37)24-35)71-53(74)44(15-7-8-22-60)65-55(76)47(28-39-30-64-43-14-6-5-13-41(39)43)68-54(75)46(27-36-10-9-23-63-29-36)67-57(78)48(31-80)69-52(73)42(61)25-34-17-20-40(59)21-18-34/h3-6,9-14,16-21,23-24,29-30,33,42,44-50,64,80-81H,7-8,15,22,25-28,31-32,60-61H2,1-2H3,(H2,62,72)(H,65,76)(H,66,77)(H,67,78)(H,68,75)(H,69,73)(H,70,79)(H,71,74)/t42-,44-,45-,46-,47+,48+,49-,50-/m0/s1. The number of aromatic nitrogens is 2. The molecule has 14 N–H and O–H groups in total. The van der Waals surface area contributed by atoms with Gasteiger partial charge in [-0.2, -0.15) is 25.3 Å². The maximum Gasteiger partial charge on any atom is 0.244 e. The molecule has 0 radical (unpaired) electrons. The third kappa shape index (κ3) is 18.5. The Bertz CT molecular complexity index is 3130. The number of carbonyl (C=O) groups is 8. The third-order valence-corrected chi connectivity index (χ3v) is 14.6. The number of nitrogens with one attached hydrogen (secondary N) is 8. The number of rotatable bonds is 30. The van der Waals surface area contributed by atoms with Gasteiger partial charge in [0.15, 0.2) is 0 Å². The van der Waals surface area contributed by atoms with Gasteiger partial charge in [-0.05, 0) is 95.4 Å². The van der Waals surface area contributed by atoms with E-state index in [0.29, 0.717) is 29.0 Å². The van der Waals surface area contributed by atoms with E-state index in [1.165, 1.54) is 6.20 Å². The van der Waals surface area contributed by atoms with Gasteiger partial charge in [0.1, 0.15) is 42.3 Å². The fourth-order valence-corrected chi connectivity index (χ4v) is 9.69. The molecular formula is C58H71ClN12O8S2. The van der Waals surface area contributed by atoms with Crippen molar-refractivity contribution >= 4 is 106 Å². The van der Waals surface area contributed by atoms with Crippen LogP contribution < -0.4 is 54.4 Å². The Hall–Kier alpha value is -7.50. The van der Waals surface area contributed by atoms with Crippen LogP contribution in [0.2, 0.25) is 5.02 Å². The van der Waals surface area contributed by atoms with Crippen LogP contribution in [0.15, 0.2) is 122 Å². The lowest BCUT2D eigenvalue weighted by atomic mass is 10.00. The second-order valence-corrected chi connectivity index (χ2v) is 21.3. The lowest BCUT2D eigenvalue weighted by Gasteiger charge is -2.29. The Kier molecular flexibility index (Phi) is 23.9. The summed E-state index contributed by atoms with van der Waals surface area (Å²) in [6.07, 6.45) is 5.75. The number of amides is 8. The van der Waals surface area contributed by atoms with Crippen LogP contribution in [0.3, 0.4) is 0 Å². The molecule has 4 aromatic carbocycles. The molecule has 23 heteroatoms. The molecule has 2 heterocycles. The number of nitrogens with two attached hydrogens (primary N) is 3. The number of benzene rings is 4. The van der Waals surface area contributed by atoms with Crippen LogP contribution in [0.25, 0.3) is 21.7 Å². The summed E-state index contributed by atoms with van der Waals surface area (Å²) in [6.45, 7) is 3.65. The van der Waals surface area contributed by atoms with E-state index >= 15 is 0 Å². The van der Waals surface area contributed by atoms with Gasteiger partial charge in [0.2, 0.25) is 47.3 Å². The molecule has 0 saturated heterocycles. The minimum atomic E-state index is -1.37. The molecule has 8 amide bonds. The van der Waals surface area contributed by atoms with E-state index in [2.05, 4.69) is 72.4 Å². The number of unbranched alkanes of at least 4 members (excludes halogenated alkanes) is 1. The lowest BCUT2D eigenvalue weighted by Crippen LogP contribution is -2.61. The third-order valence-electron chi connectivity index (χ3n) is 13.6. The molecule has 6 rings (SSSR count). The highest BCUT2D eigenvalue weighted by atomic mass is 35.5. The average molecular weight is 1160 g/mol. The van der Waals surface area contributed by atoms with Gasteiger partial charge in [0, 0.05) is 65.3 Å². The zero-order valence-corrected chi connectivity index (χ0v) is 47.6. The summed E-state index contributed by atoms with van der Waals surface area (Å²) in [6, 6.07) is 20.9. The van der Waals surface area contributed by atoms with Gasteiger partial charge in [-0.15, -0.1) is 0 Å². The summed E-state index contributed by atoms with van der Waals surface area (Å²) in [7, 11) is 0. The first-order valence-electron chi connectivity index (χ1n) is 26.6. The predicted octanol–water partition coefficient (Wildman–Crippen LogP) is 2.49. The number of thiol groups is 2. The number of fused-ring (bicyclic) bond motifs is 2. The molecule has 6 aromatic rings. The molecule has 0 bridgehead atoms. The maximum atomic E-state index is 14.8. The van der Waals surface area contributed by atoms with E-state index in [1.54, 1.807) is 62.6 Å². The molecule has 0 aliphatic rings. The van der Waals surface area contributed by atoms with Crippen LogP contribution in [0.1, 0.15) is 55.4 Å². The fraction of sp³-hybridized carbons (Fsp3) is 0.362. The molecule has 0 fully saturated rings. The maximum absolute atomic E-state index is 14.8. The highest BCUT2D eigenvalue weighted by Crippen LogP contribution is 2.21. The molecule has 430 valence electrons. The van der Waals surface area contributed by atoms with E-state index in [1.807, 2.05) is 66.7 Å². The van der Waals surface area contributed by atoms with Crippen molar-refractivity contribution in [2.75, 3.05) is 18.1 Å². The summed E-state index contributed by atoms with van der Waals surface area (Å²) in [5.41, 5.74) is 21.3. The van der Waals surface area contributed by atoms with Crippen molar-refractivity contribution in [1.29, 1.82) is 0 Å². The second kappa shape index (κ2) is 30.9. The van der Waals surface area contributed by atoms with Crippen LogP contribution in [0, 0.1) is 5.92 Å². The van der Waals surface area contributed by atoms with Gasteiger partial charge < -0.3 is 59.4 Å². The van der Waals surface area contributed by atoms with Gasteiger partial charge in [-0.25, -0.2) is 0 Å². The number of aromatic amines is 1. The van der Waals surface area contributed by atoms with Gasteiger partial charge in [0.05, 0.1) is 6.04 Å². The first kappa shape index (κ1) is 62.7. The summed E-state index contributed by atoms with van der Waals surface area (Å²) >= 11 is 14.7. The molecule has 8 atom stereocenters. The van der Waals surface area contributed by atoms with E-state index in [0.717, 1.165) is 32.8 Å². The Labute approximate surface area is 486 Å². The number of nitrogens with zero attached hydrogens (tertiary/aromatic N) is 1. The van der Waals surface area contributed by atoms with Gasteiger partial charge >= 0.3 is 0 Å². The number of halogens is 1.